The second kappa shape index (κ2) is 20.2. The van der Waals surface area contributed by atoms with Gasteiger partial charge in [-0.1, -0.05) is 39.3 Å². The van der Waals surface area contributed by atoms with Gasteiger partial charge in [0.15, 0.2) is 18.9 Å². The zero-order chi connectivity index (χ0) is 48.3. The van der Waals surface area contributed by atoms with E-state index < -0.39 is 129 Å². The van der Waals surface area contributed by atoms with Crippen LogP contribution in [0.5, 0.6) is 0 Å². The first-order chi connectivity index (χ1) is 31.1. The van der Waals surface area contributed by atoms with Gasteiger partial charge in [0.05, 0.1) is 51.8 Å². The summed E-state index contributed by atoms with van der Waals surface area (Å²) in [5.41, 5.74) is -1.71. The van der Waals surface area contributed by atoms with Gasteiger partial charge in [0.1, 0.15) is 67.1 Å². The Labute approximate surface area is 387 Å². The lowest BCUT2D eigenvalue weighted by Crippen LogP contribution is -2.69. The van der Waals surface area contributed by atoms with Crippen molar-refractivity contribution in [1.82, 2.24) is 0 Å². The molecule has 0 aromatic carbocycles. The highest BCUT2D eigenvalue weighted by Crippen LogP contribution is 2.75. The minimum absolute atomic E-state index is 0.0412. The fraction of sp³-hybridized carbons (Fsp3) is 0.957. The van der Waals surface area contributed by atoms with Crippen molar-refractivity contribution in [2.75, 3.05) is 39.6 Å². The zero-order valence-electron chi connectivity index (χ0n) is 39.1. The van der Waals surface area contributed by atoms with E-state index in [1.54, 1.807) is 0 Å². The van der Waals surface area contributed by atoms with Crippen molar-refractivity contribution in [1.29, 1.82) is 0 Å². The first-order valence-corrected chi connectivity index (χ1v) is 24.2. The molecule has 3 heterocycles. The maximum absolute atomic E-state index is 12.3. The van der Waals surface area contributed by atoms with Gasteiger partial charge in [0.25, 0.3) is 0 Å². The molecule has 0 radical (unpaired) electrons. The maximum Gasteiger partial charge on any atom is 0.187 e. The molecular formula is C47H80O19. The van der Waals surface area contributed by atoms with E-state index in [4.69, 9.17) is 28.4 Å². The first kappa shape index (κ1) is 52.8. The van der Waals surface area contributed by atoms with Crippen LogP contribution >= 0.6 is 0 Å². The number of allylic oxidation sites excluding steroid dienone is 1. The van der Waals surface area contributed by atoms with Crippen LogP contribution < -0.4 is 0 Å². The summed E-state index contributed by atoms with van der Waals surface area (Å²) in [5, 5.41) is 139. The Hall–Kier alpha value is -1.02. The minimum atomic E-state index is -1.75. The molecule has 13 N–H and O–H groups in total. The molecule has 24 unspecified atom stereocenters. The molecule has 7 fully saturated rings. The lowest BCUT2D eigenvalue weighted by Gasteiger charge is -2.72. The Balaban J connectivity index is 1.20. The second-order valence-electron chi connectivity index (χ2n) is 22.1. The van der Waals surface area contributed by atoms with Crippen molar-refractivity contribution in [2.45, 2.75) is 197 Å². The summed E-state index contributed by atoms with van der Waals surface area (Å²) in [4.78, 5) is 0. The van der Waals surface area contributed by atoms with Gasteiger partial charge in [-0.25, -0.2) is 0 Å². The van der Waals surface area contributed by atoms with Crippen molar-refractivity contribution in [3.05, 3.63) is 11.6 Å². The largest absolute Gasteiger partial charge is 0.396 e. The van der Waals surface area contributed by atoms with Gasteiger partial charge in [-0.2, -0.15) is 0 Å². The van der Waals surface area contributed by atoms with E-state index in [0.717, 1.165) is 31.3 Å². The summed E-state index contributed by atoms with van der Waals surface area (Å²) >= 11 is 0. The van der Waals surface area contributed by atoms with Gasteiger partial charge < -0.3 is 94.8 Å². The molecule has 66 heavy (non-hydrogen) atoms. The number of hydrogen-bond acceptors (Lipinski definition) is 19. The smallest absolute Gasteiger partial charge is 0.187 e. The third kappa shape index (κ3) is 8.89. The first-order valence-electron chi connectivity index (χ1n) is 24.2. The molecule has 0 aromatic rings. The van der Waals surface area contributed by atoms with E-state index >= 15 is 0 Å². The van der Waals surface area contributed by atoms with E-state index in [2.05, 4.69) is 20.8 Å². The van der Waals surface area contributed by atoms with Crippen molar-refractivity contribution in [3.8, 4) is 0 Å². The second-order valence-corrected chi connectivity index (χ2v) is 22.1. The normalized spacial score (nSPS) is 53.4. The summed E-state index contributed by atoms with van der Waals surface area (Å²) in [5.74, 6) is -0.0855. The Morgan fingerprint density at radius 3 is 1.94 bits per heavy atom. The topological polar surface area (TPSA) is 318 Å². The highest BCUT2D eigenvalue weighted by molar-refractivity contribution is 5.19. The van der Waals surface area contributed by atoms with Crippen molar-refractivity contribution in [3.63, 3.8) is 0 Å². The maximum atomic E-state index is 12.3. The lowest BCUT2D eigenvalue weighted by molar-refractivity contribution is -0.375. The van der Waals surface area contributed by atoms with Crippen molar-refractivity contribution >= 4 is 0 Å². The van der Waals surface area contributed by atoms with E-state index in [0.29, 0.717) is 38.5 Å². The SMILES string of the molecule is CC(=CCCC1(CO)CCC2(C)C(CCC3C4(C)CCC(OC5OC(CO)C(O)C(O)C5OC5OCC(O)C(O)C5O)C(C)(COC5OC(CO)C(O)C(O)C5O)C4CCC32C)C1O)CO. The van der Waals surface area contributed by atoms with E-state index in [9.17, 15) is 66.4 Å². The van der Waals surface area contributed by atoms with E-state index in [-0.39, 0.29) is 53.8 Å². The lowest BCUT2D eigenvalue weighted by atomic mass is 9.33. The third-order valence-electron chi connectivity index (χ3n) is 18.8. The Morgan fingerprint density at radius 2 is 1.29 bits per heavy atom. The molecule has 4 saturated carbocycles. The molecule has 19 heteroatoms. The number of aliphatic hydroxyl groups is 13. The number of aliphatic hydroxyl groups excluding tert-OH is 13. The molecule has 24 atom stereocenters. The number of rotatable bonds is 14. The number of fused-ring (bicyclic) bond motifs is 5. The molecular weight excluding hydrogens is 868 g/mol. The van der Waals surface area contributed by atoms with Crippen LogP contribution in [0.2, 0.25) is 0 Å². The molecule has 7 aliphatic rings. The standard InChI is InChI=1S/C47H80O19/c1-23(17-48)7-6-12-47(21-51)16-15-45(4)24(39(47)60)8-9-29-43(2)13-11-30(65-42-38(35(57)33(55)27(19-50)64-42)66-40-36(58)31(53)25(52)20-61-40)44(3,28(43)10-14-46(29,45)5)22-62-41-37(59)34(56)32(54)26(18-49)63-41/h7,24-42,48-60H,6,8-22H2,1-5H3. The molecule has 7 rings (SSSR count). The summed E-state index contributed by atoms with van der Waals surface area (Å²) in [6.07, 6.45) is -14.6. The Kier molecular flexibility index (Phi) is 16.2. The van der Waals surface area contributed by atoms with Gasteiger partial charge in [0.2, 0.25) is 0 Å². The predicted octanol–water partition coefficient (Wildman–Crippen LogP) is -1.44. The van der Waals surface area contributed by atoms with Gasteiger partial charge in [-0.3, -0.25) is 0 Å². The van der Waals surface area contributed by atoms with E-state index in [1.165, 1.54) is 0 Å². The number of ether oxygens (including phenoxy) is 6. The predicted molar refractivity (Wildman–Crippen MR) is 230 cm³/mol. The monoisotopic (exact) mass is 949 g/mol. The molecule has 0 amide bonds. The van der Waals surface area contributed by atoms with Crippen LogP contribution in [0.3, 0.4) is 0 Å². The fourth-order valence-corrected chi connectivity index (χ4v) is 14.4. The van der Waals surface area contributed by atoms with Gasteiger partial charge in [-0.05, 0) is 105 Å². The summed E-state index contributed by atoms with van der Waals surface area (Å²) < 4.78 is 36.8. The molecule has 4 aliphatic carbocycles. The van der Waals surface area contributed by atoms with Gasteiger partial charge >= 0.3 is 0 Å². The molecule has 382 valence electrons. The highest BCUT2D eigenvalue weighted by atomic mass is 16.8. The Bertz CT molecular complexity index is 1660. The van der Waals surface area contributed by atoms with Crippen LogP contribution in [0.15, 0.2) is 11.6 Å². The minimum Gasteiger partial charge on any atom is -0.396 e. The van der Waals surface area contributed by atoms with Crippen molar-refractivity contribution < 1.29 is 94.8 Å². The third-order valence-corrected chi connectivity index (χ3v) is 18.8. The quantitative estimate of drug-likeness (QED) is 0.0701. The van der Waals surface area contributed by atoms with Crippen LogP contribution in [0.1, 0.15) is 98.8 Å². The van der Waals surface area contributed by atoms with Crippen LogP contribution in [0.4, 0.5) is 0 Å². The summed E-state index contributed by atoms with van der Waals surface area (Å²) in [6.45, 7) is 8.76. The zero-order valence-corrected chi connectivity index (χ0v) is 39.1. The van der Waals surface area contributed by atoms with Crippen molar-refractivity contribution in [2.24, 2.45) is 44.8 Å². The van der Waals surface area contributed by atoms with E-state index in [1.807, 2.05) is 19.9 Å². The molecule has 0 spiro atoms. The Morgan fingerprint density at radius 1 is 0.636 bits per heavy atom. The molecule has 0 bridgehead atoms. The van der Waals surface area contributed by atoms with Crippen LogP contribution in [0.25, 0.3) is 0 Å². The average molecular weight is 949 g/mol. The molecule has 19 nitrogen and oxygen atoms in total. The van der Waals surface area contributed by atoms with Gasteiger partial charge in [0, 0.05) is 10.8 Å². The molecule has 0 aromatic heterocycles. The summed E-state index contributed by atoms with van der Waals surface area (Å²) in [6, 6.07) is 0. The van der Waals surface area contributed by atoms with Crippen LogP contribution in [0, 0.1) is 44.8 Å². The fourth-order valence-electron chi connectivity index (χ4n) is 14.4. The van der Waals surface area contributed by atoms with Crippen LogP contribution in [-0.4, -0.2) is 204 Å². The molecule has 3 aliphatic heterocycles. The number of hydrogen-bond donors (Lipinski definition) is 13. The van der Waals surface area contributed by atoms with Crippen LogP contribution in [-0.2, 0) is 28.4 Å². The van der Waals surface area contributed by atoms with Gasteiger partial charge in [-0.15, -0.1) is 0 Å². The summed E-state index contributed by atoms with van der Waals surface area (Å²) in [7, 11) is 0. The average Bonchev–Trinajstić information content (AvgIpc) is 3.29. The highest BCUT2D eigenvalue weighted by Gasteiger charge is 2.70. The molecule has 3 saturated heterocycles.